The lowest BCUT2D eigenvalue weighted by Crippen LogP contribution is -2.40. The Morgan fingerprint density at radius 2 is 1.81 bits per heavy atom. The van der Waals surface area contributed by atoms with Gasteiger partial charge in [0.25, 0.3) is 0 Å². The third-order valence-corrected chi connectivity index (χ3v) is 4.59. The van der Waals surface area contributed by atoms with E-state index in [1.165, 1.54) is 0 Å². The average molecular weight is 320 g/mol. The highest BCUT2D eigenvalue weighted by Crippen LogP contribution is 2.14. The van der Waals surface area contributed by atoms with Crippen LogP contribution in [0, 0.1) is 11.8 Å². The van der Waals surface area contributed by atoms with Gasteiger partial charge in [-0.25, -0.2) is 4.79 Å². The smallest absolute Gasteiger partial charge is 0.314 e. The quantitative estimate of drug-likeness (QED) is 0.569. The van der Waals surface area contributed by atoms with Gasteiger partial charge in [-0.1, -0.05) is 20.8 Å². The first kappa shape index (κ1) is 19.9. The van der Waals surface area contributed by atoms with E-state index < -0.39 is 16.8 Å². The topological polar surface area (TPSA) is 95.5 Å². The lowest BCUT2D eigenvalue weighted by molar-refractivity contribution is -0.138. The van der Waals surface area contributed by atoms with E-state index in [4.69, 9.17) is 5.11 Å². The summed E-state index contributed by atoms with van der Waals surface area (Å²) in [6, 6.07) is -0.303. The molecule has 0 heterocycles. The molecule has 0 rings (SSSR count). The number of carboxylic acids is 1. The number of rotatable bonds is 10. The fraction of sp³-hybridized carbons (Fsp3) is 0.857. The van der Waals surface area contributed by atoms with Crippen LogP contribution in [-0.2, 0) is 15.6 Å². The fourth-order valence-corrected chi connectivity index (χ4v) is 2.46. The molecule has 3 unspecified atom stereocenters. The Labute approximate surface area is 129 Å². The van der Waals surface area contributed by atoms with Gasteiger partial charge in [0.2, 0.25) is 0 Å². The zero-order chi connectivity index (χ0) is 16.4. The predicted molar refractivity (Wildman–Crippen MR) is 84.7 cm³/mol. The zero-order valence-electron chi connectivity index (χ0n) is 13.3. The molecule has 0 aromatic heterocycles. The zero-order valence-corrected chi connectivity index (χ0v) is 14.2. The van der Waals surface area contributed by atoms with E-state index >= 15 is 0 Å². The van der Waals surface area contributed by atoms with Crippen LogP contribution >= 0.6 is 0 Å². The van der Waals surface area contributed by atoms with Crippen LogP contribution in [0.2, 0.25) is 0 Å². The number of hydrogen-bond donors (Lipinski definition) is 3. The highest BCUT2D eigenvalue weighted by Gasteiger charge is 2.16. The number of nitrogens with one attached hydrogen (secondary N) is 2. The largest absolute Gasteiger partial charge is 0.481 e. The van der Waals surface area contributed by atoms with Crippen LogP contribution in [0.25, 0.3) is 0 Å². The van der Waals surface area contributed by atoms with Crippen LogP contribution in [0.5, 0.6) is 0 Å². The second-order valence-corrected chi connectivity index (χ2v) is 7.63. The Kier molecular flexibility index (Phi) is 10.0. The van der Waals surface area contributed by atoms with Crippen molar-refractivity contribution in [2.75, 3.05) is 19.3 Å². The molecule has 2 amide bonds. The normalized spacial score (nSPS) is 15.3. The van der Waals surface area contributed by atoms with Gasteiger partial charge in [0.05, 0.1) is 0 Å². The van der Waals surface area contributed by atoms with Gasteiger partial charge in [-0.3, -0.25) is 9.00 Å². The van der Waals surface area contributed by atoms with Crippen molar-refractivity contribution in [1.29, 1.82) is 0 Å². The van der Waals surface area contributed by atoms with E-state index in [9.17, 15) is 13.8 Å². The number of carbonyl (C=O) groups excluding carboxylic acids is 1. The Balaban J connectivity index is 4.01. The first-order valence-corrected chi connectivity index (χ1v) is 8.90. The molecule has 0 aliphatic heterocycles. The van der Waals surface area contributed by atoms with Crippen molar-refractivity contribution in [3.05, 3.63) is 0 Å². The summed E-state index contributed by atoms with van der Waals surface area (Å²) < 4.78 is 11.2. The third kappa shape index (κ3) is 11.2. The summed E-state index contributed by atoms with van der Waals surface area (Å²) in [5.41, 5.74) is 0. The van der Waals surface area contributed by atoms with Crippen molar-refractivity contribution >= 4 is 22.8 Å². The van der Waals surface area contributed by atoms with Gasteiger partial charge in [0.15, 0.2) is 0 Å². The number of carboxylic acid groups (broad SMARTS) is 1. The molecule has 0 radical (unpaired) electrons. The number of hydrogen-bond acceptors (Lipinski definition) is 3. The highest BCUT2D eigenvalue weighted by molar-refractivity contribution is 7.84. The van der Waals surface area contributed by atoms with Crippen LogP contribution in [0.15, 0.2) is 0 Å². The van der Waals surface area contributed by atoms with Crippen LogP contribution in [-0.4, -0.2) is 45.9 Å². The maximum absolute atomic E-state index is 11.6. The van der Waals surface area contributed by atoms with Crippen molar-refractivity contribution < 1.29 is 18.9 Å². The van der Waals surface area contributed by atoms with Crippen LogP contribution in [0.1, 0.15) is 40.0 Å². The monoisotopic (exact) mass is 320 g/mol. The first-order valence-electron chi connectivity index (χ1n) is 7.28. The van der Waals surface area contributed by atoms with E-state index in [1.54, 1.807) is 6.26 Å². The molecule has 7 heteroatoms. The standard InChI is InChI=1S/C14H28N2O4S/c1-10(2)7-12(8-13(17)18)9-16-14(19)15-6-5-11(3)21(4)20/h10-12H,5-9H2,1-4H3,(H,17,18)(H2,15,16,19). The van der Waals surface area contributed by atoms with Gasteiger partial charge in [0.1, 0.15) is 0 Å². The molecular weight excluding hydrogens is 292 g/mol. The van der Waals surface area contributed by atoms with E-state index in [0.29, 0.717) is 25.4 Å². The van der Waals surface area contributed by atoms with Gasteiger partial charge in [-0.2, -0.15) is 0 Å². The Morgan fingerprint density at radius 1 is 1.19 bits per heavy atom. The molecule has 3 N–H and O–H groups in total. The molecule has 0 saturated heterocycles. The predicted octanol–water partition coefficient (Wildman–Crippen LogP) is 1.58. The van der Waals surface area contributed by atoms with Crippen LogP contribution in [0.4, 0.5) is 4.79 Å². The van der Waals surface area contributed by atoms with Crippen LogP contribution < -0.4 is 10.6 Å². The molecule has 0 spiro atoms. The minimum absolute atomic E-state index is 0.0472. The SMILES string of the molecule is CC(C)CC(CNC(=O)NCCC(C)S(C)=O)CC(=O)O. The van der Waals surface area contributed by atoms with Crippen molar-refractivity contribution in [3.63, 3.8) is 0 Å². The van der Waals surface area contributed by atoms with Gasteiger partial charge in [-0.05, 0) is 24.7 Å². The lowest BCUT2D eigenvalue weighted by Gasteiger charge is -2.18. The minimum Gasteiger partial charge on any atom is -0.481 e. The molecular formula is C14H28N2O4S. The molecule has 0 aliphatic rings. The molecule has 0 aliphatic carbocycles. The van der Waals surface area contributed by atoms with Gasteiger partial charge < -0.3 is 15.7 Å². The minimum atomic E-state index is -0.887. The maximum atomic E-state index is 11.6. The first-order chi connectivity index (χ1) is 9.72. The summed E-state index contributed by atoms with van der Waals surface area (Å²) >= 11 is 0. The molecule has 0 aromatic rings. The van der Waals surface area contributed by atoms with Crippen LogP contribution in [0.3, 0.4) is 0 Å². The summed E-state index contributed by atoms with van der Waals surface area (Å²) in [6.07, 6.45) is 3.12. The molecule has 0 aromatic carbocycles. The van der Waals surface area contributed by atoms with E-state index in [0.717, 1.165) is 6.42 Å². The Hall–Kier alpha value is -1.11. The highest BCUT2D eigenvalue weighted by atomic mass is 32.2. The van der Waals surface area contributed by atoms with E-state index in [2.05, 4.69) is 10.6 Å². The van der Waals surface area contributed by atoms with E-state index in [1.807, 2.05) is 20.8 Å². The molecule has 0 saturated carbocycles. The summed E-state index contributed by atoms with van der Waals surface area (Å²) in [7, 11) is -0.887. The van der Waals surface area contributed by atoms with Gasteiger partial charge in [0, 0.05) is 41.8 Å². The number of aliphatic carboxylic acids is 1. The number of carbonyl (C=O) groups is 2. The molecule has 21 heavy (non-hydrogen) atoms. The van der Waals surface area contributed by atoms with Crippen molar-refractivity contribution in [1.82, 2.24) is 10.6 Å². The van der Waals surface area contributed by atoms with Crippen molar-refractivity contribution in [2.45, 2.75) is 45.3 Å². The third-order valence-electron chi connectivity index (χ3n) is 3.22. The fourth-order valence-electron chi connectivity index (χ4n) is 2.01. The Morgan fingerprint density at radius 3 is 2.29 bits per heavy atom. The van der Waals surface area contributed by atoms with Gasteiger partial charge in [-0.15, -0.1) is 0 Å². The lowest BCUT2D eigenvalue weighted by atomic mass is 9.94. The second-order valence-electron chi connectivity index (χ2n) is 5.83. The van der Waals surface area contributed by atoms with E-state index in [-0.39, 0.29) is 23.6 Å². The van der Waals surface area contributed by atoms with Crippen molar-refractivity contribution in [2.24, 2.45) is 11.8 Å². The molecule has 124 valence electrons. The maximum Gasteiger partial charge on any atom is 0.314 e. The molecule has 3 atom stereocenters. The number of amides is 2. The summed E-state index contributed by atoms with van der Waals surface area (Å²) in [6.45, 7) is 6.75. The summed E-state index contributed by atoms with van der Waals surface area (Å²) in [4.78, 5) is 22.4. The average Bonchev–Trinajstić information content (AvgIpc) is 2.34. The Bertz CT molecular complexity index is 361. The second kappa shape index (κ2) is 10.6. The summed E-state index contributed by atoms with van der Waals surface area (Å²) in [5, 5.41) is 14.3. The number of urea groups is 1. The molecule has 6 nitrogen and oxygen atoms in total. The molecule has 0 bridgehead atoms. The van der Waals surface area contributed by atoms with Gasteiger partial charge >= 0.3 is 12.0 Å². The summed E-state index contributed by atoms with van der Waals surface area (Å²) in [5.74, 6) is -0.517. The van der Waals surface area contributed by atoms with Crippen molar-refractivity contribution in [3.8, 4) is 0 Å². The molecule has 0 fully saturated rings.